The lowest BCUT2D eigenvalue weighted by molar-refractivity contribution is -0.145. The third-order valence-electron chi connectivity index (χ3n) is 4.03. The van der Waals surface area contributed by atoms with Crippen molar-refractivity contribution in [2.75, 3.05) is 26.3 Å². The van der Waals surface area contributed by atoms with Gasteiger partial charge < -0.3 is 14.4 Å². The molecule has 5 nitrogen and oxygen atoms in total. The zero-order chi connectivity index (χ0) is 18.5. The summed E-state index contributed by atoms with van der Waals surface area (Å²) in [5, 5.41) is 0. The van der Waals surface area contributed by atoms with Crippen LogP contribution in [0.4, 0.5) is 8.78 Å². The summed E-state index contributed by atoms with van der Waals surface area (Å²) >= 11 is 0. The van der Waals surface area contributed by atoms with Gasteiger partial charge in [0.1, 0.15) is 0 Å². The van der Waals surface area contributed by atoms with Gasteiger partial charge in [-0.05, 0) is 18.2 Å². The second-order valence-electron chi connectivity index (χ2n) is 5.76. The van der Waals surface area contributed by atoms with Gasteiger partial charge in [-0.3, -0.25) is 4.79 Å². The molecule has 2 aromatic carbocycles. The molecule has 0 aliphatic carbocycles. The number of nitrogens with zero attached hydrogens (tertiary/aromatic N) is 1. The topological polar surface area (TPSA) is 55.8 Å². The van der Waals surface area contributed by atoms with Gasteiger partial charge >= 0.3 is 5.97 Å². The molecule has 0 N–H and O–H groups in total. The van der Waals surface area contributed by atoms with Crippen molar-refractivity contribution in [3.8, 4) is 0 Å². The normalized spacial score (nSPS) is 15.4. The average molecular weight is 361 g/mol. The van der Waals surface area contributed by atoms with Gasteiger partial charge in [-0.1, -0.05) is 30.3 Å². The summed E-state index contributed by atoms with van der Waals surface area (Å²) in [7, 11) is 0. The Morgan fingerprint density at radius 3 is 2.35 bits per heavy atom. The number of rotatable bonds is 4. The van der Waals surface area contributed by atoms with Crippen molar-refractivity contribution in [3.05, 3.63) is 71.3 Å². The fourth-order valence-electron chi connectivity index (χ4n) is 2.64. The van der Waals surface area contributed by atoms with Gasteiger partial charge in [0.2, 0.25) is 6.10 Å². The van der Waals surface area contributed by atoms with E-state index in [2.05, 4.69) is 0 Å². The van der Waals surface area contributed by atoms with Gasteiger partial charge in [-0.15, -0.1) is 0 Å². The minimum atomic E-state index is -1.17. The highest BCUT2D eigenvalue weighted by Crippen LogP contribution is 2.23. The van der Waals surface area contributed by atoms with Crippen molar-refractivity contribution in [1.82, 2.24) is 4.90 Å². The van der Waals surface area contributed by atoms with Crippen LogP contribution < -0.4 is 0 Å². The van der Waals surface area contributed by atoms with E-state index in [0.29, 0.717) is 31.9 Å². The number of hydrogen-bond donors (Lipinski definition) is 0. The molecule has 0 bridgehead atoms. The van der Waals surface area contributed by atoms with Crippen LogP contribution in [-0.2, 0) is 14.3 Å². The van der Waals surface area contributed by atoms with Gasteiger partial charge in [0.05, 0.1) is 18.8 Å². The summed E-state index contributed by atoms with van der Waals surface area (Å²) in [5.74, 6) is -3.50. The Kier molecular flexibility index (Phi) is 5.58. The minimum Gasteiger partial charge on any atom is -0.444 e. The van der Waals surface area contributed by atoms with E-state index in [1.165, 1.54) is 0 Å². The molecule has 2 aromatic rings. The van der Waals surface area contributed by atoms with E-state index in [9.17, 15) is 18.4 Å². The first kappa shape index (κ1) is 18.0. The first-order chi connectivity index (χ1) is 12.6. The first-order valence-electron chi connectivity index (χ1n) is 8.14. The van der Waals surface area contributed by atoms with Gasteiger partial charge in [-0.25, -0.2) is 13.6 Å². The smallest absolute Gasteiger partial charge is 0.339 e. The number of morpholine rings is 1. The second-order valence-corrected chi connectivity index (χ2v) is 5.76. The quantitative estimate of drug-likeness (QED) is 0.786. The molecule has 1 unspecified atom stereocenters. The molecule has 1 fully saturated rings. The van der Waals surface area contributed by atoms with Crippen molar-refractivity contribution >= 4 is 11.9 Å². The summed E-state index contributed by atoms with van der Waals surface area (Å²) in [6, 6.07) is 11.3. The van der Waals surface area contributed by atoms with Crippen molar-refractivity contribution in [2.24, 2.45) is 0 Å². The zero-order valence-electron chi connectivity index (χ0n) is 13.9. The number of carbonyl (C=O) groups excluding carboxylic acids is 2. The Bertz CT molecular complexity index is 791. The largest absolute Gasteiger partial charge is 0.444 e. The van der Waals surface area contributed by atoms with Crippen LogP contribution in [0, 0.1) is 11.6 Å². The van der Waals surface area contributed by atoms with Crippen LogP contribution in [0.2, 0.25) is 0 Å². The van der Waals surface area contributed by atoms with Gasteiger partial charge in [0.15, 0.2) is 11.6 Å². The Morgan fingerprint density at radius 2 is 1.69 bits per heavy atom. The number of amides is 1. The molecule has 1 aliphatic rings. The molecular weight excluding hydrogens is 344 g/mol. The summed E-state index contributed by atoms with van der Waals surface area (Å²) in [6.45, 7) is 1.60. The lowest BCUT2D eigenvalue weighted by Crippen LogP contribution is -2.44. The predicted molar refractivity (Wildman–Crippen MR) is 88.4 cm³/mol. The fourth-order valence-corrected chi connectivity index (χ4v) is 2.64. The van der Waals surface area contributed by atoms with Crippen molar-refractivity contribution in [1.29, 1.82) is 0 Å². The van der Waals surface area contributed by atoms with Crippen molar-refractivity contribution in [2.45, 2.75) is 6.10 Å². The number of hydrogen-bond acceptors (Lipinski definition) is 4. The van der Waals surface area contributed by atoms with Crippen LogP contribution in [0.1, 0.15) is 22.0 Å². The van der Waals surface area contributed by atoms with Gasteiger partial charge in [-0.2, -0.15) is 0 Å². The fraction of sp³-hybridized carbons (Fsp3) is 0.263. The average Bonchev–Trinajstić information content (AvgIpc) is 2.69. The van der Waals surface area contributed by atoms with Crippen LogP contribution in [-0.4, -0.2) is 43.1 Å². The molecule has 7 heteroatoms. The highest BCUT2D eigenvalue weighted by Gasteiger charge is 2.31. The number of benzene rings is 2. The molecule has 0 spiro atoms. The van der Waals surface area contributed by atoms with E-state index in [1.807, 2.05) is 0 Å². The number of esters is 1. The maximum atomic E-state index is 13.4. The summed E-state index contributed by atoms with van der Waals surface area (Å²) in [5.41, 5.74) is 0.333. The number of carbonyl (C=O) groups is 2. The Morgan fingerprint density at radius 1 is 1.00 bits per heavy atom. The molecule has 1 heterocycles. The highest BCUT2D eigenvalue weighted by molar-refractivity contribution is 5.92. The zero-order valence-corrected chi connectivity index (χ0v) is 13.9. The van der Waals surface area contributed by atoms with E-state index >= 15 is 0 Å². The monoisotopic (exact) mass is 361 g/mol. The van der Waals surface area contributed by atoms with Crippen molar-refractivity contribution < 1.29 is 27.8 Å². The molecule has 1 aliphatic heterocycles. The Labute approximate surface area is 149 Å². The minimum absolute atomic E-state index is 0.167. The maximum absolute atomic E-state index is 13.4. The molecule has 0 radical (unpaired) electrons. The van der Waals surface area contributed by atoms with Crippen LogP contribution in [0.15, 0.2) is 48.5 Å². The lowest BCUT2D eigenvalue weighted by atomic mass is 10.1. The molecule has 26 heavy (non-hydrogen) atoms. The van der Waals surface area contributed by atoms with E-state index in [-0.39, 0.29) is 11.5 Å². The van der Waals surface area contributed by atoms with Gasteiger partial charge in [0.25, 0.3) is 5.91 Å². The first-order valence-corrected chi connectivity index (χ1v) is 8.14. The van der Waals surface area contributed by atoms with E-state index in [1.54, 1.807) is 35.2 Å². The van der Waals surface area contributed by atoms with E-state index in [0.717, 1.165) is 18.2 Å². The summed E-state index contributed by atoms with van der Waals surface area (Å²) < 4.78 is 37.0. The molecule has 1 amide bonds. The third-order valence-corrected chi connectivity index (χ3v) is 4.03. The summed E-state index contributed by atoms with van der Waals surface area (Å²) in [4.78, 5) is 26.8. The molecule has 1 atom stereocenters. The predicted octanol–water partition coefficient (Wildman–Crippen LogP) is 2.72. The maximum Gasteiger partial charge on any atom is 0.339 e. The molecule has 1 saturated heterocycles. The van der Waals surface area contributed by atoms with Crippen LogP contribution in [0.25, 0.3) is 0 Å². The van der Waals surface area contributed by atoms with Gasteiger partial charge in [0, 0.05) is 18.7 Å². The molecule has 3 rings (SSSR count). The van der Waals surface area contributed by atoms with E-state index in [4.69, 9.17) is 9.47 Å². The molecule has 0 aromatic heterocycles. The number of halogens is 2. The SMILES string of the molecule is O=C(OC(C(=O)N1CCOCC1)c1ccccc1)c1ccc(F)c(F)c1. The van der Waals surface area contributed by atoms with Crippen molar-refractivity contribution in [3.63, 3.8) is 0 Å². The molecule has 136 valence electrons. The van der Waals surface area contributed by atoms with Crippen LogP contribution >= 0.6 is 0 Å². The second kappa shape index (κ2) is 8.05. The lowest BCUT2D eigenvalue weighted by Gasteiger charge is -2.30. The Hall–Kier alpha value is -2.80. The Balaban J connectivity index is 1.84. The standard InChI is InChI=1S/C19H17F2NO4/c20-15-7-6-14(12-16(15)21)19(24)26-17(13-4-2-1-3-5-13)18(23)22-8-10-25-11-9-22/h1-7,12,17H,8-11H2. The molecule has 0 saturated carbocycles. The highest BCUT2D eigenvalue weighted by atomic mass is 19.2. The van der Waals surface area contributed by atoms with Crippen LogP contribution in [0.3, 0.4) is 0 Å². The number of ether oxygens (including phenoxy) is 2. The van der Waals surface area contributed by atoms with E-state index < -0.39 is 23.7 Å². The van der Waals surface area contributed by atoms with Crippen LogP contribution in [0.5, 0.6) is 0 Å². The third kappa shape index (κ3) is 4.05. The summed E-state index contributed by atoms with van der Waals surface area (Å²) in [6.07, 6.45) is -1.17. The molecular formula is C19H17F2NO4.